The molecular formula is C21H29FN6O3S. The lowest BCUT2D eigenvalue weighted by Crippen LogP contribution is -2.49. The Morgan fingerprint density at radius 1 is 0.938 bits per heavy atom. The van der Waals surface area contributed by atoms with Crippen LogP contribution >= 0.6 is 0 Å². The van der Waals surface area contributed by atoms with Crippen molar-refractivity contribution in [1.29, 1.82) is 0 Å². The zero-order chi connectivity index (χ0) is 22.9. The second-order valence-electron chi connectivity index (χ2n) is 8.15. The molecule has 0 aliphatic carbocycles. The smallest absolute Gasteiger partial charge is 0.243 e. The Hall–Kier alpha value is -2.50. The monoisotopic (exact) mass is 464 g/mol. The van der Waals surface area contributed by atoms with E-state index in [2.05, 4.69) is 21.8 Å². The van der Waals surface area contributed by atoms with Gasteiger partial charge in [-0.05, 0) is 32.2 Å². The number of aryl methyl sites for hydroxylation is 1. The zero-order valence-electron chi connectivity index (χ0n) is 18.7. The lowest BCUT2D eigenvalue weighted by molar-refractivity contribution is 0.312. The first-order valence-corrected chi connectivity index (χ1v) is 12.1. The molecule has 3 heterocycles. The lowest BCUT2D eigenvalue weighted by atomic mass is 10.3. The number of halogens is 1. The van der Waals surface area contributed by atoms with Gasteiger partial charge in [0.25, 0.3) is 0 Å². The van der Waals surface area contributed by atoms with E-state index in [4.69, 9.17) is 9.72 Å². The van der Waals surface area contributed by atoms with Crippen LogP contribution in [-0.4, -0.2) is 94.1 Å². The molecule has 0 unspecified atom stereocenters. The van der Waals surface area contributed by atoms with Crippen molar-refractivity contribution in [3.63, 3.8) is 0 Å². The maximum absolute atomic E-state index is 14.0. The van der Waals surface area contributed by atoms with Crippen LogP contribution in [0.5, 0.6) is 5.75 Å². The van der Waals surface area contributed by atoms with Crippen LogP contribution in [0.15, 0.2) is 29.2 Å². The summed E-state index contributed by atoms with van der Waals surface area (Å²) in [6.07, 6.45) is 0. The van der Waals surface area contributed by atoms with Crippen LogP contribution in [0.25, 0.3) is 0 Å². The third-order valence-corrected chi connectivity index (χ3v) is 7.83. The molecule has 0 atom stereocenters. The minimum Gasteiger partial charge on any atom is -0.494 e. The third-order valence-electron chi connectivity index (χ3n) is 5.94. The van der Waals surface area contributed by atoms with Crippen molar-refractivity contribution in [2.75, 3.05) is 76.3 Å². The largest absolute Gasteiger partial charge is 0.494 e. The summed E-state index contributed by atoms with van der Waals surface area (Å²) in [5.74, 6) is 0.842. The summed E-state index contributed by atoms with van der Waals surface area (Å²) in [7, 11) is -0.342. The minimum absolute atomic E-state index is 0.0153. The van der Waals surface area contributed by atoms with E-state index in [-0.39, 0.29) is 23.7 Å². The average Bonchev–Trinajstić information content (AvgIpc) is 2.79. The Morgan fingerprint density at radius 3 is 2.22 bits per heavy atom. The fourth-order valence-corrected chi connectivity index (χ4v) is 5.40. The number of hydrogen-bond acceptors (Lipinski definition) is 8. The Kier molecular flexibility index (Phi) is 6.50. The van der Waals surface area contributed by atoms with Gasteiger partial charge in [0, 0.05) is 64.1 Å². The van der Waals surface area contributed by atoms with Gasteiger partial charge in [-0.1, -0.05) is 0 Å². The highest BCUT2D eigenvalue weighted by molar-refractivity contribution is 7.89. The number of anilines is 2. The van der Waals surface area contributed by atoms with E-state index in [1.165, 1.54) is 23.5 Å². The van der Waals surface area contributed by atoms with Crippen molar-refractivity contribution in [3.05, 3.63) is 35.8 Å². The first-order chi connectivity index (χ1) is 15.3. The first-order valence-electron chi connectivity index (χ1n) is 10.7. The summed E-state index contributed by atoms with van der Waals surface area (Å²) < 4.78 is 46.3. The number of aromatic nitrogens is 2. The minimum atomic E-state index is -3.80. The van der Waals surface area contributed by atoms with E-state index in [0.29, 0.717) is 19.0 Å². The highest BCUT2D eigenvalue weighted by atomic mass is 32.2. The molecule has 174 valence electrons. The van der Waals surface area contributed by atoms with Crippen LogP contribution in [0.4, 0.5) is 16.2 Å². The molecule has 2 aliphatic heterocycles. The average molecular weight is 465 g/mol. The lowest BCUT2D eigenvalue weighted by Gasteiger charge is -2.36. The molecule has 1 aromatic carbocycles. The summed E-state index contributed by atoms with van der Waals surface area (Å²) in [6.45, 7) is 7.22. The molecule has 1 aromatic heterocycles. The zero-order valence-corrected chi connectivity index (χ0v) is 19.5. The maximum atomic E-state index is 14.0. The summed E-state index contributed by atoms with van der Waals surface area (Å²) in [6, 6.07) is 5.70. The predicted molar refractivity (Wildman–Crippen MR) is 120 cm³/mol. The van der Waals surface area contributed by atoms with Crippen LogP contribution in [0, 0.1) is 12.7 Å². The van der Waals surface area contributed by atoms with E-state index in [1.54, 1.807) is 0 Å². The van der Waals surface area contributed by atoms with Crippen LogP contribution in [0.1, 0.15) is 5.69 Å². The maximum Gasteiger partial charge on any atom is 0.243 e. The fourth-order valence-electron chi connectivity index (χ4n) is 3.96. The number of nitrogens with zero attached hydrogens (tertiary/aromatic N) is 6. The number of benzene rings is 1. The standard InChI is InChI=1S/C21H29FN6O3S/c1-16-14-20(26-8-6-25(2)7-9-26)24-21(23-16)27-10-12-28(13-11-27)32(29,30)17-4-5-19(31-3)18(22)15-17/h4-5,14-15H,6-13H2,1-3H3. The molecule has 2 aliphatic rings. The van der Waals surface area contributed by atoms with Crippen LogP contribution in [-0.2, 0) is 10.0 Å². The van der Waals surface area contributed by atoms with Gasteiger partial charge in [-0.2, -0.15) is 9.29 Å². The summed E-state index contributed by atoms with van der Waals surface area (Å²) >= 11 is 0. The van der Waals surface area contributed by atoms with Crippen molar-refractivity contribution in [2.45, 2.75) is 11.8 Å². The summed E-state index contributed by atoms with van der Waals surface area (Å²) in [5, 5.41) is 0. The second-order valence-corrected chi connectivity index (χ2v) is 10.1. The van der Waals surface area contributed by atoms with Crippen molar-refractivity contribution < 1.29 is 17.5 Å². The van der Waals surface area contributed by atoms with Gasteiger partial charge in [0.1, 0.15) is 5.82 Å². The molecule has 0 bridgehead atoms. The number of likely N-dealkylation sites (N-methyl/N-ethyl adjacent to an activating group) is 1. The first kappa shape index (κ1) is 22.7. The number of piperazine rings is 2. The fraction of sp³-hybridized carbons (Fsp3) is 0.524. The van der Waals surface area contributed by atoms with Gasteiger partial charge in [0.2, 0.25) is 16.0 Å². The van der Waals surface area contributed by atoms with Crippen molar-refractivity contribution in [3.8, 4) is 5.75 Å². The van der Waals surface area contributed by atoms with Crippen molar-refractivity contribution in [2.24, 2.45) is 0 Å². The van der Waals surface area contributed by atoms with Gasteiger partial charge in [0.05, 0.1) is 12.0 Å². The highest BCUT2D eigenvalue weighted by Crippen LogP contribution is 2.25. The van der Waals surface area contributed by atoms with Gasteiger partial charge in [-0.25, -0.2) is 17.8 Å². The molecule has 9 nitrogen and oxygen atoms in total. The molecule has 0 N–H and O–H groups in total. The third kappa shape index (κ3) is 4.64. The molecule has 2 fully saturated rings. The predicted octanol–water partition coefficient (Wildman–Crippen LogP) is 1.20. The normalized spacial score (nSPS) is 18.8. The van der Waals surface area contributed by atoms with Crippen LogP contribution < -0.4 is 14.5 Å². The van der Waals surface area contributed by atoms with Crippen LogP contribution in [0.2, 0.25) is 0 Å². The summed E-state index contributed by atoms with van der Waals surface area (Å²) in [4.78, 5) is 15.8. The molecule has 32 heavy (non-hydrogen) atoms. The molecule has 2 saturated heterocycles. The highest BCUT2D eigenvalue weighted by Gasteiger charge is 2.30. The molecule has 0 radical (unpaired) electrons. The molecule has 2 aromatic rings. The van der Waals surface area contributed by atoms with Crippen LogP contribution in [0.3, 0.4) is 0 Å². The number of sulfonamides is 1. The van der Waals surface area contributed by atoms with Crippen molar-refractivity contribution >= 4 is 21.8 Å². The molecule has 11 heteroatoms. The number of hydrogen-bond donors (Lipinski definition) is 0. The van der Waals surface area contributed by atoms with Gasteiger partial charge >= 0.3 is 0 Å². The quantitative estimate of drug-likeness (QED) is 0.653. The van der Waals surface area contributed by atoms with Gasteiger partial charge in [-0.15, -0.1) is 0 Å². The van der Waals surface area contributed by atoms with Gasteiger partial charge in [-0.3, -0.25) is 0 Å². The molecule has 0 spiro atoms. The van der Waals surface area contributed by atoms with Crippen molar-refractivity contribution in [1.82, 2.24) is 19.2 Å². The van der Waals surface area contributed by atoms with E-state index < -0.39 is 15.8 Å². The SMILES string of the molecule is COc1ccc(S(=O)(=O)N2CCN(c3nc(C)cc(N4CCN(C)CC4)n3)CC2)cc1F. The summed E-state index contributed by atoms with van der Waals surface area (Å²) in [5.41, 5.74) is 0.882. The Labute approximate surface area is 188 Å². The molecular weight excluding hydrogens is 435 g/mol. The number of methoxy groups -OCH3 is 1. The van der Waals surface area contributed by atoms with E-state index >= 15 is 0 Å². The van der Waals surface area contributed by atoms with E-state index in [0.717, 1.165) is 43.8 Å². The number of ether oxygens (including phenoxy) is 1. The molecule has 0 amide bonds. The Bertz CT molecular complexity index is 1070. The number of rotatable bonds is 5. The second kappa shape index (κ2) is 9.16. The molecule has 0 saturated carbocycles. The van der Waals surface area contributed by atoms with Gasteiger partial charge in [0.15, 0.2) is 11.6 Å². The molecule has 4 rings (SSSR count). The Balaban J connectivity index is 1.46. The van der Waals surface area contributed by atoms with Gasteiger partial charge < -0.3 is 19.4 Å². The Morgan fingerprint density at radius 2 is 1.59 bits per heavy atom. The van der Waals surface area contributed by atoms with E-state index in [9.17, 15) is 12.8 Å². The topological polar surface area (TPSA) is 82.1 Å². The van der Waals surface area contributed by atoms with E-state index in [1.807, 2.05) is 17.9 Å².